The molecule has 0 saturated heterocycles. The second-order valence-corrected chi connectivity index (χ2v) is 6.22. The molecule has 1 aromatic carbocycles. The lowest BCUT2D eigenvalue weighted by Crippen LogP contribution is -2.43. The van der Waals surface area contributed by atoms with Crippen molar-refractivity contribution < 1.29 is 4.84 Å². The number of hydrogen-bond acceptors (Lipinski definition) is 3. The van der Waals surface area contributed by atoms with Crippen molar-refractivity contribution in [1.29, 1.82) is 0 Å². The SMILES string of the molecule is CC1(C)NOC(=S)c2ccc(C3=CCCCC3)cc21. The van der Waals surface area contributed by atoms with E-state index in [1.165, 1.54) is 42.4 Å². The largest absolute Gasteiger partial charge is 0.395 e. The van der Waals surface area contributed by atoms with Crippen LogP contribution in [0.3, 0.4) is 0 Å². The number of rotatable bonds is 1. The Labute approximate surface area is 119 Å². The van der Waals surface area contributed by atoms with Crippen LogP contribution in [0.4, 0.5) is 0 Å². The van der Waals surface area contributed by atoms with Crippen LogP contribution < -0.4 is 5.48 Å². The highest BCUT2D eigenvalue weighted by Crippen LogP contribution is 2.34. The molecule has 0 amide bonds. The first-order chi connectivity index (χ1) is 9.08. The summed E-state index contributed by atoms with van der Waals surface area (Å²) in [6.07, 6.45) is 7.39. The molecule has 3 rings (SSSR count). The third-order valence-electron chi connectivity index (χ3n) is 3.97. The van der Waals surface area contributed by atoms with Crippen LogP contribution in [-0.2, 0) is 10.4 Å². The van der Waals surface area contributed by atoms with Gasteiger partial charge in [0.15, 0.2) is 0 Å². The summed E-state index contributed by atoms with van der Waals surface area (Å²) in [6, 6.07) is 6.55. The van der Waals surface area contributed by atoms with Gasteiger partial charge in [0, 0.05) is 5.56 Å². The molecule has 2 aliphatic rings. The predicted octanol–water partition coefficient (Wildman–Crippen LogP) is 4.09. The quantitative estimate of drug-likeness (QED) is 0.779. The molecule has 100 valence electrons. The molecule has 0 unspecified atom stereocenters. The molecule has 1 aliphatic heterocycles. The van der Waals surface area contributed by atoms with Gasteiger partial charge in [-0.2, -0.15) is 0 Å². The number of allylic oxidation sites excluding steroid dienone is 2. The lowest BCUT2D eigenvalue weighted by Gasteiger charge is -2.34. The van der Waals surface area contributed by atoms with E-state index < -0.39 is 0 Å². The summed E-state index contributed by atoms with van der Waals surface area (Å²) in [5.41, 5.74) is 7.90. The molecular weight excluding hydrogens is 254 g/mol. The van der Waals surface area contributed by atoms with Gasteiger partial charge in [-0.3, -0.25) is 0 Å². The molecule has 1 heterocycles. The second kappa shape index (κ2) is 4.73. The number of hydroxylamine groups is 1. The summed E-state index contributed by atoms with van der Waals surface area (Å²) in [5, 5.41) is 0.540. The highest BCUT2D eigenvalue weighted by Gasteiger charge is 2.31. The molecule has 0 spiro atoms. The summed E-state index contributed by atoms with van der Waals surface area (Å²) in [5.74, 6) is 0. The summed E-state index contributed by atoms with van der Waals surface area (Å²) in [4.78, 5) is 5.37. The molecule has 1 N–H and O–H groups in total. The molecule has 0 atom stereocenters. The van der Waals surface area contributed by atoms with Crippen molar-refractivity contribution in [3.63, 3.8) is 0 Å². The Morgan fingerprint density at radius 1 is 1.26 bits per heavy atom. The normalized spacial score (nSPS) is 21.4. The molecular formula is C16H19NOS. The van der Waals surface area contributed by atoms with Crippen molar-refractivity contribution in [3.8, 4) is 0 Å². The minimum absolute atomic E-state index is 0.205. The number of thiocarbonyl (C=S) groups is 1. The Kier molecular flexibility index (Phi) is 3.19. The van der Waals surface area contributed by atoms with Gasteiger partial charge in [0.1, 0.15) is 0 Å². The first kappa shape index (κ1) is 12.8. The van der Waals surface area contributed by atoms with Gasteiger partial charge in [0.05, 0.1) is 5.54 Å². The molecule has 3 heteroatoms. The zero-order chi connectivity index (χ0) is 13.5. The molecule has 0 bridgehead atoms. The van der Waals surface area contributed by atoms with E-state index in [1.807, 2.05) is 0 Å². The molecule has 0 aromatic heterocycles. The fraction of sp³-hybridized carbons (Fsp3) is 0.438. The summed E-state index contributed by atoms with van der Waals surface area (Å²) < 4.78 is 0. The molecule has 2 nitrogen and oxygen atoms in total. The molecule has 1 aliphatic carbocycles. The van der Waals surface area contributed by atoms with Crippen LogP contribution in [0.5, 0.6) is 0 Å². The maximum Gasteiger partial charge on any atom is 0.218 e. The van der Waals surface area contributed by atoms with Crippen molar-refractivity contribution in [2.75, 3.05) is 0 Å². The van der Waals surface area contributed by atoms with E-state index in [0.29, 0.717) is 5.05 Å². The van der Waals surface area contributed by atoms with E-state index in [1.54, 1.807) is 0 Å². The lowest BCUT2D eigenvalue weighted by atomic mass is 9.85. The Morgan fingerprint density at radius 3 is 2.84 bits per heavy atom. The van der Waals surface area contributed by atoms with Gasteiger partial charge in [-0.25, -0.2) is 0 Å². The van der Waals surface area contributed by atoms with Crippen molar-refractivity contribution in [2.45, 2.75) is 45.1 Å². The van der Waals surface area contributed by atoms with Gasteiger partial charge >= 0.3 is 0 Å². The van der Waals surface area contributed by atoms with Crippen LogP contribution in [0.15, 0.2) is 24.3 Å². The first-order valence-electron chi connectivity index (χ1n) is 6.90. The van der Waals surface area contributed by atoms with Gasteiger partial charge < -0.3 is 4.84 Å². The van der Waals surface area contributed by atoms with Gasteiger partial charge in [-0.1, -0.05) is 12.1 Å². The highest BCUT2D eigenvalue weighted by molar-refractivity contribution is 7.80. The van der Waals surface area contributed by atoms with Crippen molar-refractivity contribution in [3.05, 3.63) is 41.0 Å². The number of fused-ring (bicyclic) bond motifs is 1. The molecule has 0 radical (unpaired) electrons. The van der Waals surface area contributed by atoms with Crippen LogP contribution in [0, 0.1) is 0 Å². The predicted molar refractivity (Wildman–Crippen MR) is 81.8 cm³/mol. The highest BCUT2D eigenvalue weighted by atomic mass is 32.1. The van der Waals surface area contributed by atoms with Gasteiger partial charge in [0.2, 0.25) is 5.05 Å². The minimum Gasteiger partial charge on any atom is -0.395 e. The zero-order valence-corrected chi connectivity index (χ0v) is 12.3. The monoisotopic (exact) mass is 273 g/mol. The number of hydrogen-bond donors (Lipinski definition) is 1. The van der Waals surface area contributed by atoms with Crippen LogP contribution in [-0.4, -0.2) is 5.05 Å². The van der Waals surface area contributed by atoms with Gasteiger partial charge in [-0.15, -0.1) is 5.48 Å². The fourth-order valence-electron chi connectivity index (χ4n) is 2.82. The van der Waals surface area contributed by atoms with Crippen LogP contribution in [0.1, 0.15) is 56.2 Å². The Morgan fingerprint density at radius 2 is 2.11 bits per heavy atom. The average molecular weight is 273 g/mol. The number of nitrogens with one attached hydrogen (secondary N) is 1. The molecule has 0 saturated carbocycles. The summed E-state index contributed by atoms with van der Waals surface area (Å²) in [7, 11) is 0. The summed E-state index contributed by atoms with van der Waals surface area (Å²) >= 11 is 5.26. The average Bonchev–Trinajstić information content (AvgIpc) is 2.44. The zero-order valence-electron chi connectivity index (χ0n) is 11.5. The molecule has 0 fully saturated rings. The lowest BCUT2D eigenvalue weighted by molar-refractivity contribution is 0.0895. The molecule has 19 heavy (non-hydrogen) atoms. The van der Waals surface area contributed by atoms with Crippen LogP contribution in [0.25, 0.3) is 5.57 Å². The van der Waals surface area contributed by atoms with E-state index in [4.69, 9.17) is 17.1 Å². The Bertz CT molecular complexity index is 560. The van der Waals surface area contributed by atoms with Crippen molar-refractivity contribution in [1.82, 2.24) is 5.48 Å². The van der Waals surface area contributed by atoms with E-state index in [9.17, 15) is 0 Å². The smallest absolute Gasteiger partial charge is 0.218 e. The minimum atomic E-state index is -0.205. The van der Waals surface area contributed by atoms with Crippen LogP contribution in [0.2, 0.25) is 0 Å². The topological polar surface area (TPSA) is 21.3 Å². The Hall–Kier alpha value is -1.19. The summed E-state index contributed by atoms with van der Waals surface area (Å²) in [6.45, 7) is 4.24. The van der Waals surface area contributed by atoms with E-state index in [0.717, 1.165) is 5.56 Å². The molecule has 1 aromatic rings. The van der Waals surface area contributed by atoms with Gasteiger partial charge in [0.25, 0.3) is 0 Å². The van der Waals surface area contributed by atoms with E-state index >= 15 is 0 Å². The van der Waals surface area contributed by atoms with Crippen molar-refractivity contribution in [2.24, 2.45) is 0 Å². The van der Waals surface area contributed by atoms with Crippen LogP contribution >= 0.6 is 12.2 Å². The standard InChI is InChI=1S/C16H19NOS/c1-16(2)14-10-12(11-6-4-3-5-7-11)8-9-13(14)15(19)18-17-16/h6,8-10,17H,3-5,7H2,1-2H3. The third kappa shape index (κ3) is 2.33. The van der Waals surface area contributed by atoms with E-state index in [-0.39, 0.29) is 5.54 Å². The first-order valence-corrected chi connectivity index (χ1v) is 7.31. The second-order valence-electron chi connectivity index (χ2n) is 5.85. The maximum absolute atomic E-state index is 5.37. The van der Waals surface area contributed by atoms with Gasteiger partial charge in [-0.05, 0) is 80.6 Å². The van der Waals surface area contributed by atoms with Crippen molar-refractivity contribution >= 4 is 22.8 Å². The Balaban J connectivity index is 2.07. The maximum atomic E-state index is 5.37. The fourth-order valence-corrected chi connectivity index (χ4v) is 3.04. The number of benzene rings is 1. The third-order valence-corrected chi connectivity index (χ3v) is 4.28. The van der Waals surface area contributed by atoms with E-state index in [2.05, 4.69) is 43.6 Å².